The topological polar surface area (TPSA) is 25.2 Å². The highest BCUT2D eigenvalue weighted by Gasteiger charge is 2.18. The second-order valence-corrected chi connectivity index (χ2v) is 5.24. The molecule has 100 valence electrons. The highest BCUT2D eigenvalue weighted by Crippen LogP contribution is 2.28. The Bertz CT molecular complexity index is 530. The summed E-state index contributed by atoms with van der Waals surface area (Å²) in [6.45, 7) is 3.07. The normalized spacial score (nSPS) is 16.1. The predicted molar refractivity (Wildman–Crippen MR) is 77.3 cm³/mol. The molecule has 0 amide bonds. The van der Waals surface area contributed by atoms with Gasteiger partial charge in [0.05, 0.1) is 12.3 Å². The third-order valence-electron chi connectivity index (χ3n) is 3.94. The summed E-state index contributed by atoms with van der Waals surface area (Å²) in [5, 5.41) is 3.51. The monoisotopic (exact) mass is 255 g/mol. The van der Waals surface area contributed by atoms with Gasteiger partial charge < -0.3 is 9.73 Å². The molecule has 1 N–H and O–H groups in total. The van der Waals surface area contributed by atoms with E-state index >= 15 is 0 Å². The Labute approximate surface area is 114 Å². The van der Waals surface area contributed by atoms with Crippen LogP contribution in [0.3, 0.4) is 0 Å². The zero-order valence-electron chi connectivity index (χ0n) is 11.5. The largest absolute Gasteiger partial charge is 0.467 e. The zero-order valence-corrected chi connectivity index (χ0v) is 11.5. The minimum absolute atomic E-state index is 0.173. The van der Waals surface area contributed by atoms with Crippen LogP contribution in [0, 0.1) is 0 Å². The summed E-state index contributed by atoms with van der Waals surface area (Å²) < 4.78 is 5.58. The highest BCUT2D eigenvalue weighted by molar-refractivity contribution is 5.37. The van der Waals surface area contributed by atoms with Crippen molar-refractivity contribution in [3.05, 3.63) is 59.0 Å². The van der Waals surface area contributed by atoms with Crippen LogP contribution in [-0.4, -0.2) is 6.54 Å². The second-order valence-electron chi connectivity index (χ2n) is 5.24. The molecule has 0 saturated carbocycles. The lowest BCUT2D eigenvalue weighted by molar-refractivity contribution is 0.452. The smallest absolute Gasteiger partial charge is 0.125 e. The average Bonchev–Trinajstić information content (AvgIpc) is 2.98. The number of furan rings is 1. The zero-order chi connectivity index (χ0) is 13.1. The maximum absolute atomic E-state index is 5.58. The van der Waals surface area contributed by atoms with Crippen molar-refractivity contribution in [3.63, 3.8) is 0 Å². The Kier molecular flexibility index (Phi) is 3.69. The van der Waals surface area contributed by atoms with Crippen molar-refractivity contribution in [2.24, 2.45) is 0 Å². The Morgan fingerprint density at radius 3 is 2.74 bits per heavy atom. The van der Waals surface area contributed by atoms with Gasteiger partial charge in [0.15, 0.2) is 0 Å². The molecule has 1 atom stereocenters. The van der Waals surface area contributed by atoms with Gasteiger partial charge in [0.25, 0.3) is 0 Å². The Hall–Kier alpha value is -1.54. The first-order valence-electron chi connectivity index (χ1n) is 7.27. The number of fused-ring (bicyclic) bond motifs is 1. The van der Waals surface area contributed by atoms with E-state index < -0.39 is 0 Å². The van der Waals surface area contributed by atoms with Crippen molar-refractivity contribution in [3.8, 4) is 0 Å². The number of rotatable bonds is 4. The van der Waals surface area contributed by atoms with Crippen molar-refractivity contribution >= 4 is 0 Å². The Balaban J connectivity index is 1.94. The van der Waals surface area contributed by atoms with Gasteiger partial charge in [-0.05, 0) is 61.1 Å². The number of hydrogen-bond donors (Lipinski definition) is 1. The average molecular weight is 255 g/mol. The van der Waals surface area contributed by atoms with Gasteiger partial charge in [-0.15, -0.1) is 0 Å². The fourth-order valence-electron chi connectivity index (χ4n) is 2.98. The summed E-state index contributed by atoms with van der Waals surface area (Å²) in [6.07, 6.45) is 6.87. The molecule has 0 aliphatic heterocycles. The number of benzene rings is 1. The van der Waals surface area contributed by atoms with Gasteiger partial charge in [0, 0.05) is 0 Å². The summed E-state index contributed by atoms with van der Waals surface area (Å²) in [7, 11) is 0. The van der Waals surface area contributed by atoms with E-state index in [1.807, 2.05) is 12.1 Å². The summed E-state index contributed by atoms with van der Waals surface area (Å²) in [5.41, 5.74) is 4.38. The van der Waals surface area contributed by atoms with Crippen molar-refractivity contribution < 1.29 is 4.42 Å². The molecular formula is C17H21NO. The van der Waals surface area contributed by atoms with Gasteiger partial charge in [-0.1, -0.05) is 25.1 Å². The molecule has 2 aromatic rings. The third kappa shape index (κ3) is 2.59. The van der Waals surface area contributed by atoms with E-state index in [1.165, 1.54) is 42.4 Å². The van der Waals surface area contributed by atoms with Gasteiger partial charge in [0.2, 0.25) is 0 Å². The van der Waals surface area contributed by atoms with E-state index in [4.69, 9.17) is 4.42 Å². The molecule has 0 spiro atoms. The van der Waals surface area contributed by atoms with Crippen molar-refractivity contribution in [2.45, 2.75) is 38.6 Å². The SMILES string of the molecule is CCNC(c1ccc2c(c1)CCCC2)c1ccco1. The lowest BCUT2D eigenvalue weighted by Gasteiger charge is -2.21. The van der Waals surface area contributed by atoms with Crippen LogP contribution in [-0.2, 0) is 12.8 Å². The molecule has 1 aromatic heterocycles. The maximum Gasteiger partial charge on any atom is 0.125 e. The van der Waals surface area contributed by atoms with Crippen molar-refractivity contribution in [1.29, 1.82) is 0 Å². The molecule has 2 nitrogen and oxygen atoms in total. The van der Waals surface area contributed by atoms with Crippen LogP contribution in [0.1, 0.15) is 48.3 Å². The van der Waals surface area contributed by atoms with E-state index in [0.29, 0.717) is 0 Å². The first-order chi connectivity index (χ1) is 9.38. The number of hydrogen-bond acceptors (Lipinski definition) is 2. The highest BCUT2D eigenvalue weighted by atomic mass is 16.3. The van der Waals surface area contributed by atoms with Crippen LogP contribution in [0.15, 0.2) is 41.0 Å². The molecule has 19 heavy (non-hydrogen) atoms. The van der Waals surface area contributed by atoms with E-state index in [2.05, 4.69) is 30.4 Å². The Morgan fingerprint density at radius 2 is 2.00 bits per heavy atom. The molecule has 0 saturated heterocycles. The van der Waals surface area contributed by atoms with Gasteiger partial charge in [-0.2, -0.15) is 0 Å². The van der Waals surface area contributed by atoms with Crippen LogP contribution in [0.5, 0.6) is 0 Å². The van der Waals surface area contributed by atoms with Crippen molar-refractivity contribution in [1.82, 2.24) is 5.32 Å². The van der Waals surface area contributed by atoms with Crippen LogP contribution in [0.2, 0.25) is 0 Å². The molecule has 1 unspecified atom stereocenters. The van der Waals surface area contributed by atoms with Gasteiger partial charge in [-0.3, -0.25) is 0 Å². The fraction of sp³-hybridized carbons (Fsp3) is 0.412. The third-order valence-corrected chi connectivity index (χ3v) is 3.94. The summed E-state index contributed by atoms with van der Waals surface area (Å²) in [5.74, 6) is 0.998. The predicted octanol–water partition coefficient (Wildman–Crippen LogP) is 3.86. The van der Waals surface area contributed by atoms with E-state index in [-0.39, 0.29) is 6.04 Å². The molecule has 1 heterocycles. The van der Waals surface area contributed by atoms with E-state index in [9.17, 15) is 0 Å². The molecule has 2 heteroatoms. The van der Waals surface area contributed by atoms with Gasteiger partial charge in [-0.25, -0.2) is 0 Å². The fourth-order valence-corrected chi connectivity index (χ4v) is 2.98. The molecule has 1 aliphatic carbocycles. The number of aryl methyl sites for hydroxylation is 2. The quantitative estimate of drug-likeness (QED) is 0.897. The summed E-state index contributed by atoms with van der Waals surface area (Å²) >= 11 is 0. The van der Waals surface area contributed by atoms with Gasteiger partial charge >= 0.3 is 0 Å². The number of nitrogens with one attached hydrogen (secondary N) is 1. The molecular weight excluding hydrogens is 234 g/mol. The lowest BCUT2D eigenvalue weighted by Crippen LogP contribution is -2.22. The van der Waals surface area contributed by atoms with E-state index in [1.54, 1.807) is 6.26 Å². The minimum atomic E-state index is 0.173. The van der Waals surface area contributed by atoms with Crippen LogP contribution < -0.4 is 5.32 Å². The second kappa shape index (κ2) is 5.62. The summed E-state index contributed by atoms with van der Waals surface area (Å²) in [4.78, 5) is 0. The molecule has 0 radical (unpaired) electrons. The standard InChI is InChI=1S/C17H21NO/c1-2-18-17(16-8-5-11-19-16)15-10-9-13-6-3-4-7-14(13)12-15/h5,8-12,17-18H,2-4,6-7H2,1H3. The first kappa shape index (κ1) is 12.5. The van der Waals surface area contributed by atoms with Crippen LogP contribution in [0.25, 0.3) is 0 Å². The molecule has 1 aliphatic rings. The molecule has 0 fully saturated rings. The van der Waals surface area contributed by atoms with Crippen LogP contribution in [0.4, 0.5) is 0 Å². The lowest BCUT2D eigenvalue weighted by atomic mass is 9.89. The molecule has 1 aromatic carbocycles. The minimum Gasteiger partial charge on any atom is -0.467 e. The van der Waals surface area contributed by atoms with Crippen molar-refractivity contribution in [2.75, 3.05) is 6.54 Å². The molecule has 3 rings (SSSR count). The maximum atomic E-state index is 5.58. The molecule has 0 bridgehead atoms. The summed E-state index contributed by atoms with van der Waals surface area (Å²) in [6, 6.07) is 11.1. The van der Waals surface area contributed by atoms with Crippen LogP contribution >= 0.6 is 0 Å². The first-order valence-corrected chi connectivity index (χ1v) is 7.27. The van der Waals surface area contributed by atoms with Gasteiger partial charge in [0.1, 0.15) is 5.76 Å². The van der Waals surface area contributed by atoms with E-state index in [0.717, 1.165) is 12.3 Å². The Morgan fingerprint density at radius 1 is 1.16 bits per heavy atom.